The highest BCUT2D eigenvalue weighted by atomic mass is 19.1. The topological polar surface area (TPSA) is 94.7 Å². The van der Waals surface area contributed by atoms with Crippen LogP contribution in [0.3, 0.4) is 0 Å². The van der Waals surface area contributed by atoms with Crippen molar-refractivity contribution in [3.63, 3.8) is 0 Å². The summed E-state index contributed by atoms with van der Waals surface area (Å²) in [4.78, 5) is 15.0. The van der Waals surface area contributed by atoms with E-state index in [1.54, 1.807) is 19.1 Å². The summed E-state index contributed by atoms with van der Waals surface area (Å²) in [5, 5.41) is 9.17. The van der Waals surface area contributed by atoms with Crippen LogP contribution in [0.5, 0.6) is 17.5 Å². The highest BCUT2D eigenvalue weighted by Gasteiger charge is 2.22. The first-order chi connectivity index (χ1) is 16.2. The van der Waals surface area contributed by atoms with Crippen molar-refractivity contribution in [1.29, 1.82) is 0 Å². The van der Waals surface area contributed by atoms with Crippen LogP contribution >= 0.6 is 0 Å². The molecular formula is C26H28F2N2O4. The minimum Gasteiger partial charge on any atom is -0.479 e. The van der Waals surface area contributed by atoms with Crippen LogP contribution in [0, 0.1) is 17.6 Å². The van der Waals surface area contributed by atoms with Crippen molar-refractivity contribution in [2.75, 3.05) is 0 Å². The Balaban J connectivity index is 2.00. The fraction of sp³-hybridized carbons (Fsp3) is 0.308. The molecule has 0 saturated heterocycles. The molecule has 8 heteroatoms. The van der Waals surface area contributed by atoms with Gasteiger partial charge in [-0.05, 0) is 59.2 Å². The molecule has 0 fully saturated rings. The molecule has 1 heterocycles. The Kier molecular flexibility index (Phi) is 8.17. The molecule has 180 valence electrons. The number of aromatic nitrogens is 1. The van der Waals surface area contributed by atoms with Gasteiger partial charge in [0.15, 0.2) is 17.7 Å². The normalized spacial score (nSPS) is 12.0. The van der Waals surface area contributed by atoms with E-state index in [1.165, 1.54) is 0 Å². The second kappa shape index (κ2) is 11.1. The van der Waals surface area contributed by atoms with Crippen molar-refractivity contribution >= 4 is 5.97 Å². The number of carboxylic acids is 1. The fourth-order valence-electron chi connectivity index (χ4n) is 3.50. The number of hydrogen-bond acceptors (Lipinski definition) is 5. The molecule has 0 amide bonds. The average molecular weight is 471 g/mol. The van der Waals surface area contributed by atoms with Gasteiger partial charge in [-0.2, -0.15) is 4.98 Å². The highest BCUT2D eigenvalue weighted by molar-refractivity contribution is 5.72. The van der Waals surface area contributed by atoms with E-state index in [0.29, 0.717) is 24.3 Å². The molecule has 3 rings (SSSR count). The van der Waals surface area contributed by atoms with Crippen molar-refractivity contribution in [3.8, 4) is 28.6 Å². The van der Waals surface area contributed by atoms with Crippen LogP contribution in [0.15, 0.2) is 48.5 Å². The minimum absolute atomic E-state index is 0.0759. The Bertz CT molecular complexity index is 1170. The number of carbonyl (C=O) groups is 1. The first-order valence-electron chi connectivity index (χ1n) is 11.1. The molecule has 0 radical (unpaired) electrons. The third kappa shape index (κ3) is 6.29. The summed E-state index contributed by atoms with van der Waals surface area (Å²) in [5.74, 6) is -3.91. The summed E-state index contributed by atoms with van der Waals surface area (Å²) in [7, 11) is 0. The van der Waals surface area contributed by atoms with Gasteiger partial charge < -0.3 is 20.3 Å². The maximum absolute atomic E-state index is 14.5. The second-order valence-corrected chi connectivity index (χ2v) is 8.39. The number of nitrogens with two attached hydrogens (primary N) is 1. The maximum atomic E-state index is 14.5. The maximum Gasteiger partial charge on any atom is 0.344 e. The molecule has 1 aromatic heterocycles. The Morgan fingerprint density at radius 1 is 1.03 bits per heavy atom. The number of aliphatic carboxylic acids is 1. The number of halogens is 2. The summed E-state index contributed by atoms with van der Waals surface area (Å²) in [6, 6.07) is 13.8. The number of hydrogen-bond donors (Lipinski definition) is 2. The monoisotopic (exact) mass is 470 g/mol. The largest absolute Gasteiger partial charge is 0.479 e. The minimum atomic E-state index is -1.32. The van der Waals surface area contributed by atoms with Crippen LogP contribution in [-0.2, 0) is 17.8 Å². The van der Waals surface area contributed by atoms with Gasteiger partial charge in [-0.25, -0.2) is 13.6 Å². The fourth-order valence-corrected chi connectivity index (χ4v) is 3.50. The molecule has 0 aliphatic carbocycles. The standard InChI is InChI=1S/C26H28F2N2O4/c1-4-23(26(31)32)34-25-22(28)13-21(27)24(30-25)33-20-11-17(8-15(2)3)10-19(12-20)18-7-5-6-16(9-18)14-29/h5-7,9-13,15,23H,4,8,14,29H2,1-3H3,(H,31,32). The molecule has 0 saturated carbocycles. The molecule has 0 aliphatic rings. The first-order valence-corrected chi connectivity index (χ1v) is 11.1. The third-order valence-electron chi connectivity index (χ3n) is 5.09. The van der Waals surface area contributed by atoms with Crippen molar-refractivity contribution in [2.24, 2.45) is 11.7 Å². The Morgan fingerprint density at radius 3 is 2.38 bits per heavy atom. The molecular weight excluding hydrogens is 442 g/mol. The number of carboxylic acid groups (broad SMARTS) is 1. The number of rotatable bonds is 10. The zero-order valence-electron chi connectivity index (χ0n) is 19.3. The highest BCUT2D eigenvalue weighted by Crippen LogP contribution is 2.32. The van der Waals surface area contributed by atoms with E-state index in [4.69, 9.17) is 15.2 Å². The number of benzene rings is 2. The van der Waals surface area contributed by atoms with Crippen molar-refractivity contribution in [1.82, 2.24) is 4.98 Å². The van der Waals surface area contributed by atoms with Gasteiger partial charge in [0.1, 0.15) is 5.75 Å². The molecule has 0 spiro atoms. The van der Waals surface area contributed by atoms with E-state index < -0.39 is 35.5 Å². The van der Waals surface area contributed by atoms with Crippen molar-refractivity contribution < 1.29 is 28.2 Å². The first kappa shape index (κ1) is 25.1. The van der Waals surface area contributed by atoms with Crippen LogP contribution in [0.1, 0.15) is 38.3 Å². The Hall–Kier alpha value is -3.52. The van der Waals surface area contributed by atoms with Gasteiger partial charge >= 0.3 is 5.97 Å². The van der Waals surface area contributed by atoms with Gasteiger partial charge in [-0.15, -0.1) is 0 Å². The van der Waals surface area contributed by atoms with Gasteiger partial charge in [-0.3, -0.25) is 0 Å². The van der Waals surface area contributed by atoms with Gasteiger partial charge in [0.2, 0.25) is 0 Å². The van der Waals surface area contributed by atoms with Crippen LogP contribution in [0.25, 0.3) is 11.1 Å². The van der Waals surface area contributed by atoms with Gasteiger partial charge in [0, 0.05) is 12.6 Å². The van der Waals surface area contributed by atoms with Crippen LogP contribution < -0.4 is 15.2 Å². The van der Waals surface area contributed by atoms with E-state index in [2.05, 4.69) is 18.8 Å². The van der Waals surface area contributed by atoms with Crippen LogP contribution in [0.4, 0.5) is 8.78 Å². The predicted octanol–water partition coefficient (Wildman–Crippen LogP) is 5.72. The molecule has 1 atom stereocenters. The summed E-state index contributed by atoms with van der Waals surface area (Å²) in [5.41, 5.74) is 9.48. The lowest BCUT2D eigenvalue weighted by Crippen LogP contribution is -2.26. The molecule has 0 bridgehead atoms. The quantitative estimate of drug-likeness (QED) is 0.394. The predicted molar refractivity (Wildman–Crippen MR) is 125 cm³/mol. The molecule has 0 aliphatic heterocycles. The van der Waals surface area contributed by atoms with Gasteiger partial charge in [0.25, 0.3) is 11.8 Å². The smallest absolute Gasteiger partial charge is 0.344 e. The number of ether oxygens (including phenoxy) is 2. The molecule has 3 aromatic rings. The van der Waals surface area contributed by atoms with E-state index >= 15 is 0 Å². The Labute approximate surface area is 197 Å². The summed E-state index contributed by atoms with van der Waals surface area (Å²) >= 11 is 0. The number of nitrogens with zero attached hydrogens (tertiary/aromatic N) is 1. The lowest BCUT2D eigenvalue weighted by Gasteiger charge is -2.15. The van der Waals surface area contributed by atoms with Crippen LogP contribution in [0.2, 0.25) is 0 Å². The van der Waals surface area contributed by atoms with Crippen molar-refractivity contribution in [2.45, 2.75) is 46.3 Å². The lowest BCUT2D eigenvalue weighted by atomic mass is 9.96. The summed E-state index contributed by atoms with van der Waals surface area (Å²) in [6.45, 7) is 6.13. The van der Waals surface area contributed by atoms with Crippen LogP contribution in [-0.4, -0.2) is 22.2 Å². The lowest BCUT2D eigenvalue weighted by molar-refractivity contribution is -0.145. The molecule has 6 nitrogen and oxygen atoms in total. The van der Waals surface area contributed by atoms with E-state index in [0.717, 1.165) is 28.7 Å². The second-order valence-electron chi connectivity index (χ2n) is 8.39. The van der Waals surface area contributed by atoms with Crippen molar-refractivity contribution in [3.05, 3.63) is 71.3 Å². The molecule has 1 unspecified atom stereocenters. The SMILES string of the molecule is CCC(Oc1nc(Oc2cc(CC(C)C)cc(-c3cccc(CN)c3)c2)c(F)cc1F)C(=O)O. The van der Waals surface area contributed by atoms with E-state index in [1.807, 2.05) is 30.3 Å². The molecule has 34 heavy (non-hydrogen) atoms. The van der Waals surface area contributed by atoms with E-state index in [-0.39, 0.29) is 6.42 Å². The van der Waals surface area contributed by atoms with Gasteiger partial charge in [-0.1, -0.05) is 45.0 Å². The zero-order valence-corrected chi connectivity index (χ0v) is 19.3. The summed E-state index contributed by atoms with van der Waals surface area (Å²) in [6.07, 6.45) is -0.492. The van der Waals surface area contributed by atoms with E-state index in [9.17, 15) is 18.7 Å². The Morgan fingerprint density at radius 2 is 1.74 bits per heavy atom. The average Bonchev–Trinajstić information content (AvgIpc) is 2.79. The van der Waals surface area contributed by atoms with Gasteiger partial charge in [0.05, 0.1) is 0 Å². The number of pyridine rings is 1. The molecule has 2 aromatic carbocycles. The zero-order chi connectivity index (χ0) is 24.8. The summed E-state index contributed by atoms with van der Waals surface area (Å²) < 4.78 is 39.6. The molecule has 3 N–H and O–H groups in total. The third-order valence-corrected chi connectivity index (χ3v) is 5.09.